The number of benzene rings is 1. The first-order chi connectivity index (χ1) is 11.1. The molecule has 23 heavy (non-hydrogen) atoms. The van der Waals surface area contributed by atoms with E-state index in [1.807, 2.05) is 6.07 Å². The number of carbonyl (C=O) groups excluding carboxylic acids is 1. The fourth-order valence-corrected chi connectivity index (χ4v) is 4.86. The average molecular weight is 317 g/mol. The molecule has 0 radical (unpaired) electrons. The van der Waals surface area contributed by atoms with E-state index in [2.05, 4.69) is 11.9 Å². The molecule has 1 N–H and O–H groups in total. The largest absolute Gasteiger partial charge is 0.455 e. The minimum Gasteiger partial charge on any atom is -0.455 e. The summed E-state index contributed by atoms with van der Waals surface area (Å²) < 4.78 is 16.5. The van der Waals surface area contributed by atoms with E-state index in [4.69, 9.17) is 14.2 Å². The Kier molecular flexibility index (Phi) is 2.73. The van der Waals surface area contributed by atoms with Crippen molar-refractivity contribution in [2.45, 2.75) is 37.0 Å². The number of aliphatic hydroxyl groups excluding tert-OH is 1. The molecule has 0 amide bonds. The van der Waals surface area contributed by atoms with Gasteiger partial charge in [0, 0.05) is 12.0 Å². The van der Waals surface area contributed by atoms with Crippen LogP contribution in [0.2, 0.25) is 0 Å². The molecule has 122 valence electrons. The number of hydrogen-bond acceptors (Lipinski definition) is 6. The van der Waals surface area contributed by atoms with Crippen LogP contribution in [0.5, 0.6) is 11.5 Å². The van der Waals surface area contributed by atoms with Gasteiger partial charge in [-0.25, -0.2) is 4.79 Å². The molecule has 4 aliphatic rings. The van der Waals surface area contributed by atoms with Gasteiger partial charge in [0.15, 0.2) is 11.5 Å². The summed E-state index contributed by atoms with van der Waals surface area (Å²) in [5, 5.41) is 10.5. The Morgan fingerprint density at radius 1 is 1.26 bits per heavy atom. The zero-order valence-electron chi connectivity index (χ0n) is 12.9. The molecule has 0 bridgehead atoms. The van der Waals surface area contributed by atoms with E-state index in [0.717, 1.165) is 18.5 Å². The summed E-state index contributed by atoms with van der Waals surface area (Å²) in [6.45, 7) is 1.19. The Morgan fingerprint density at radius 2 is 2.04 bits per heavy atom. The lowest BCUT2D eigenvalue weighted by molar-refractivity contribution is -0.0778. The molecule has 6 heteroatoms. The third-order valence-corrected chi connectivity index (χ3v) is 5.86. The van der Waals surface area contributed by atoms with Crippen molar-refractivity contribution in [3.05, 3.63) is 23.3 Å². The highest BCUT2D eigenvalue weighted by Crippen LogP contribution is 2.50. The average Bonchev–Trinajstić information content (AvgIpc) is 3.13. The summed E-state index contributed by atoms with van der Waals surface area (Å²) >= 11 is 0. The Balaban J connectivity index is 1.68. The highest BCUT2D eigenvalue weighted by molar-refractivity contribution is 5.94. The minimum absolute atomic E-state index is 0.0153. The van der Waals surface area contributed by atoms with Crippen LogP contribution in [0.25, 0.3) is 0 Å². The van der Waals surface area contributed by atoms with E-state index in [-0.39, 0.29) is 24.7 Å². The second kappa shape index (κ2) is 4.61. The van der Waals surface area contributed by atoms with Crippen molar-refractivity contribution in [1.29, 1.82) is 0 Å². The van der Waals surface area contributed by atoms with E-state index in [9.17, 15) is 9.90 Å². The predicted octanol–water partition coefficient (Wildman–Crippen LogP) is 1.12. The number of nitrogens with zero attached hydrogens (tertiary/aromatic N) is 1. The van der Waals surface area contributed by atoms with Gasteiger partial charge in [-0.2, -0.15) is 0 Å². The molecule has 3 heterocycles. The maximum atomic E-state index is 12.4. The smallest absolute Gasteiger partial charge is 0.338 e. The van der Waals surface area contributed by atoms with Crippen LogP contribution in [0.3, 0.4) is 0 Å². The van der Waals surface area contributed by atoms with E-state index in [0.29, 0.717) is 29.4 Å². The summed E-state index contributed by atoms with van der Waals surface area (Å²) in [4.78, 5) is 14.8. The van der Waals surface area contributed by atoms with Gasteiger partial charge in [0.05, 0.1) is 11.7 Å². The Hall–Kier alpha value is -1.79. The van der Waals surface area contributed by atoms with Crippen LogP contribution in [0.15, 0.2) is 12.1 Å². The first kappa shape index (κ1) is 13.6. The maximum Gasteiger partial charge on any atom is 0.338 e. The van der Waals surface area contributed by atoms with Gasteiger partial charge in [-0.05, 0) is 50.0 Å². The van der Waals surface area contributed by atoms with Crippen LogP contribution in [-0.2, 0) is 4.74 Å². The first-order valence-electron chi connectivity index (χ1n) is 8.16. The number of likely N-dealkylation sites (N-methyl/N-ethyl adjacent to an activating group) is 1. The lowest BCUT2D eigenvalue weighted by Crippen LogP contribution is -2.54. The van der Waals surface area contributed by atoms with Crippen molar-refractivity contribution >= 4 is 5.97 Å². The third kappa shape index (κ3) is 1.79. The lowest BCUT2D eigenvalue weighted by Gasteiger charge is -2.47. The van der Waals surface area contributed by atoms with Crippen LogP contribution in [0.4, 0.5) is 0 Å². The van der Waals surface area contributed by atoms with Crippen LogP contribution < -0.4 is 9.47 Å². The summed E-state index contributed by atoms with van der Waals surface area (Å²) in [5.74, 6) is 1.31. The van der Waals surface area contributed by atoms with Crippen molar-refractivity contribution in [2.75, 3.05) is 20.4 Å². The Bertz CT molecular complexity index is 690. The molecule has 1 saturated heterocycles. The summed E-state index contributed by atoms with van der Waals surface area (Å²) in [7, 11) is 2.11. The number of ether oxygens (including phenoxy) is 3. The molecule has 3 aliphatic heterocycles. The number of rotatable bonds is 0. The third-order valence-electron chi connectivity index (χ3n) is 5.86. The Labute approximate surface area is 133 Å². The zero-order chi connectivity index (χ0) is 15.7. The zero-order valence-corrected chi connectivity index (χ0v) is 12.9. The molecule has 1 aromatic rings. The van der Waals surface area contributed by atoms with Crippen molar-refractivity contribution in [1.82, 2.24) is 4.90 Å². The van der Waals surface area contributed by atoms with Crippen molar-refractivity contribution < 1.29 is 24.1 Å². The monoisotopic (exact) mass is 317 g/mol. The molecule has 1 saturated carbocycles. The van der Waals surface area contributed by atoms with E-state index in [1.165, 1.54) is 0 Å². The predicted molar refractivity (Wildman–Crippen MR) is 79.7 cm³/mol. The van der Waals surface area contributed by atoms with Gasteiger partial charge in [-0.3, -0.25) is 0 Å². The molecule has 5 unspecified atom stereocenters. The maximum absolute atomic E-state index is 12.4. The molecular formula is C17H19NO5. The van der Waals surface area contributed by atoms with E-state index in [1.54, 1.807) is 6.07 Å². The molecule has 0 aromatic heterocycles. The SMILES string of the molecule is CN1CCC2CC(O)C3OC(=O)c4cc5c(cc4C3C21)OCO5. The topological polar surface area (TPSA) is 68.2 Å². The van der Waals surface area contributed by atoms with Gasteiger partial charge in [-0.15, -0.1) is 0 Å². The summed E-state index contributed by atoms with van der Waals surface area (Å²) in [6.07, 6.45) is 0.700. The van der Waals surface area contributed by atoms with Crippen LogP contribution in [0, 0.1) is 5.92 Å². The number of fused-ring (bicyclic) bond motifs is 6. The van der Waals surface area contributed by atoms with Crippen LogP contribution in [-0.4, -0.2) is 54.6 Å². The highest BCUT2D eigenvalue weighted by Gasteiger charge is 2.53. The van der Waals surface area contributed by atoms with Crippen molar-refractivity contribution in [3.8, 4) is 11.5 Å². The lowest BCUT2D eigenvalue weighted by atomic mass is 9.69. The Morgan fingerprint density at radius 3 is 2.87 bits per heavy atom. The summed E-state index contributed by atoms with van der Waals surface area (Å²) in [6, 6.07) is 3.92. The van der Waals surface area contributed by atoms with E-state index < -0.39 is 12.2 Å². The first-order valence-corrected chi connectivity index (χ1v) is 8.16. The fourth-order valence-electron chi connectivity index (χ4n) is 4.86. The minimum atomic E-state index is -0.602. The molecule has 6 nitrogen and oxygen atoms in total. The number of hydrogen-bond donors (Lipinski definition) is 1. The quantitative estimate of drug-likeness (QED) is 0.723. The number of likely N-dealkylation sites (tertiary alicyclic amines) is 1. The van der Waals surface area contributed by atoms with Gasteiger partial charge in [-0.1, -0.05) is 0 Å². The molecule has 1 aliphatic carbocycles. The highest BCUT2D eigenvalue weighted by atomic mass is 16.7. The fraction of sp³-hybridized carbons (Fsp3) is 0.588. The normalized spacial score (nSPS) is 37.8. The molecule has 5 rings (SSSR count). The number of aliphatic hydroxyl groups is 1. The molecule has 2 fully saturated rings. The molecular weight excluding hydrogens is 298 g/mol. The van der Waals surface area contributed by atoms with Gasteiger partial charge < -0.3 is 24.2 Å². The van der Waals surface area contributed by atoms with Gasteiger partial charge in [0.2, 0.25) is 6.79 Å². The summed E-state index contributed by atoms with van der Waals surface area (Å²) in [5.41, 5.74) is 1.47. The standard InChI is InChI=1S/C17H19NO5/c1-18-3-2-8-4-11(19)16-14(15(8)18)9-5-12-13(22-7-21-12)6-10(9)17(20)23-16/h5-6,8,11,14-16,19H,2-4,7H2,1H3. The van der Waals surface area contributed by atoms with Crippen molar-refractivity contribution in [3.63, 3.8) is 0 Å². The second-order valence-corrected chi connectivity index (χ2v) is 7.01. The van der Waals surface area contributed by atoms with Crippen LogP contribution >= 0.6 is 0 Å². The number of esters is 1. The van der Waals surface area contributed by atoms with Gasteiger partial charge in [0.25, 0.3) is 0 Å². The van der Waals surface area contributed by atoms with E-state index >= 15 is 0 Å². The van der Waals surface area contributed by atoms with Crippen LogP contribution in [0.1, 0.15) is 34.7 Å². The molecule has 0 spiro atoms. The number of carbonyl (C=O) groups is 1. The molecule has 5 atom stereocenters. The van der Waals surface area contributed by atoms with Crippen molar-refractivity contribution in [2.24, 2.45) is 5.92 Å². The van der Waals surface area contributed by atoms with Gasteiger partial charge in [0.1, 0.15) is 6.10 Å². The molecule has 1 aromatic carbocycles. The second-order valence-electron chi connectivity index (χ2n) is 7.01. The van der Waals surface area contributed by atoms with Gasteiger partial charge >= 0.3 is 5.97 Å².